The van der Waals surface area contributed by atoms with E-state index in [1.807, 2.05) is 4.98 Å². The van der Waals surface area contributed by atoms with Gasteiger partial charge in [0.1, 0.15) is 6.54 Å². The Kier molecular flexibility index (Phi) is 5.04. The number of amides is 2. The van der Waals surface area contributed by atoms with Gasteiger partial charge in [-0.2, -0.15) is 0 Å². The lowest BCUT2D eigenvalue weighted by Crippen LogP contribution is -2.42. The molecule has 1 aromatic heterocycles. The van der Waals surface area contributed by atoms with Crippen LogP contribution >= 0.6 is 0 Å². The molecule has 2 amide bonds. The van der Waals surface area contributed by atoms with Gasteiger partial charge in [-0.05, 0) is 13.8 Å². The maximum absolute atomic E-state index is 11.5. The van der Waals surface area contributed by atoms with Crippen LogP contribution in [0.15, 0.2) is 21.9 Å². The molecule has 8 heteroatoms. The number of nitrogens with one attached hydrogen (secondary N) is 3. The van der Waals surface area contributed by atoms with Crippen molar-refractivity contribution in [2.75, 3.05) is 6.54 Å². The Balaban J connectivity index is 2.50. The van der Waals surface area contributed by atoms with Crippen LogP contribution in [0, 0.1) is 0 Å². The third-order valence-corrected chi connectivity index (χ3v) is 2.11. The molecule has 0 aromatic carbocycles. The highest BCUT2D eigenvalue weighted by molar-refractivity contribution is 5.84. The van der Waals surface area contributed by atoms with Crippen LogP contribution in [-0.2, 0) is 16.1 Å². The van der Waals surface area contributed by atoms with Crippen LogP contribution < -0.4 is 21.9 Å². The normalized spacial score (nSPS) is 10.3. The fourth-order valence-corrected chi connectivity index (χ4v) is 1.33. The van der Waals surface area contributed by atoms with Gasteiger partial charge in [0.25, 0.3) is 5.56 Å². The molecule has 19 heavy (non-hydrogen) atoms. The quantitative estimate of drug-likeness (QED) is 0.583. The van der Waals surface area contributed by atoms with E-state index in [1.165, 1.54) is 6.20 Å². The van der Waals surface area contributed by atoms with Crippen LogP contribution in [0.2, 0.25) is 0 Å². The van der Waals surface area contributed by atoms with Crippen molar-refractivity contribution < 1.29 is 9.59 Å². The molecule has 0 bridgehead atoms. The van der Waals surface area contributed by atoms with E-state index in [1.54, 1.807) is 13.8 Å². The molecule has 1 aromatic rings. The van der Waals surface area contributed by atoms with E-state index in [0.29, 0.717) is 0 Å². The number of rotatable bonds is 5. The summed E-state index contributed by atoms with van der Waals surface area (Å²) in [7, 11) is 0. The SMILES string of the molecule is CC(C)NC(=O)CNC(=O)Cn1ccc(=O)[nH]c1=O. The number of aromatic amines is 1. The standard InChI is InChI=1S/C11H16N4O4/c1-7(2)13-9(17)5-12-10(18)6-15-4-3-8(16)14-11(15)19/h3-4,7H,5-6H2,1-2H3,(H,12,18)(H,13,17)(H,14,16,19). The maximum Gasteiger partial charge on any atom is 0.328 e. The minimum Gasteiger partial charge on any atom is -0.352 e. The topological polar surface area (TPSA) is 113 Å². The predicted octanol–water partition coefficient (Wildman–Crippen LogP) is -1.82. The fraction of sp³-hybridized carbons (Fsp3) is 0.455. The first-order valence-corrected chi connectivity index (χ1v) is 5.74. The molecule has 1 heterocycles. The van der Waals surface area contributed by atoms with Crippen LogP contribution in [0.3, 0.4) is 0 Å². The van der Waals surface area contributed by atoms with E-state index >= 15 is 0 Å². The number of aromatic nitrogens is 2. The highest BCUT2D eigenvalue weighted by atomic mass is 16.2. The molecule has 0 aliphatic carbocycles. The zero-order valence-corrected chi connectivity index (χ0v) is 10.7. The summed E-state index contributed by atoms with van der Waals surface area (Å²) >= 11 is 0. The van der Waals surface area contributed by atoms with Crippen molar-refractivity contribution in [2.45, 2.75) is 26.4 Å². The van der Waals surface area contributed by atoms with E-state index in [9.17, 15) is 19.2 Å². The lowest BCUT2D eigenvalue weighted by molar-refractivity contribution is -0.126. The van der Waals surface area contributed by atoms with E-state index in [-0.39, 0.29) is 25.0 Å². The first-order valence-electron chi connectivity index (χ1n) is 5.74. The molecule has 0 spiro atoms. The van der Waals surface area contributed by atoms with Crippen molar-refractivity contribution in [3.63, 3.8) is 0 Å². The van der Waals surface area contributed by atoms with Gasteiger partial charge in [0.05, 0.1) is 6.54 Å². The van der Waals surface area contributed by atoms with E-state index in [2.05, 4.69) is 10.6 Å². The second kappa shape index (κ2) is 6.53. The summed E-state index contributed by atoms with van der Waals surface area (Å²) < 4.78 is 1.04. The van der Waals surface area contributed by atoms with E-state index < -0.39 is 17.2 Å². The van der Waals surface area contributed by atoms with Crippen LogP contribution in [0.25, 0.3) is 0 Å². The average molecular weight is 268 g/mol. The zero-order chi connectivity index (χ0) is 14.4. The van der Waals surface area contributed by atoms with Crippen molar-refractivity contribution in [3.05, 3.63) is 33.1 Å². The molecule has 1 rings (SSSR count). The van der Waals surface area contributed by atoms with Gasteiger partial charge in [-0.1, -0.05) is 0 Å². The summed E-state index contributed by atoms with van der Waals surface area (Å²) in [6.45, 7) is 3.19. The molecule has 8 nitrogen and oxygen atoms in total. The monoisotopic (exact) mass is 268 g/mol. The average Bonchev–Trinajstić information content (AvgIpc) is 2.29. The lowest BCUT2D eigenvalue weighted by atomic mass is 10.4. The first kappa shape index (κ1) is 14.7. The second-order valence-corrected chi connectivity index (χ2v) is 4.24. The highest BCUT2D eigenvalue weighted by Gasteiger charge is 2.08. The van der Waals surface area contributed by atoms with Gasteiger partial charge < -0.3 is 10.6 Å². The molecular formula is C11H16N4O4. The van der Waals surface area contributed by atoms with Gasteiger partial charge in [0, 0.05) is 18.3 Å². The van der Waals surface area contributed by atoms with Gasteiger partial charge in [-0.3, -0.25) is 23.9 Å². The molecule has 0 atom stereocenters. The molecule has 0 fully saturated rings. The third-order valence-electron chi connectivity index (χ3n) is 2.11. The van der Waals surface area contributed by atoms with Crippen molar-refractivity contribution in [1.82, 2.24) is 20.2 Å². The van der Waals surface area contributed by atoms with Gasteiger partial charge in [-0.15, -0.1) is 0 Å². The molecule has 0 aliphatic rings. The lowest BCUT2D eigenvalue weighted by Gasteiger charge is -2.09. The Bertz CT molecular complexity index is 573. The minimum absolute atomic E-state index is 0.00813. The zero-order valence-electron chi connectivity index (χ0n) is 10.7. The van der Waals surface area contributed by atoms with Crippen LogP contribution in [0.1, 0.15) is 13.8 Å². The summed E-state index contributed by atoms with van der Waals surface area (Å²) in [4.78, 5) is 46.9. The summed E-state index contributed by atoms with van der Waals surface area (Å²) in [6, 6.07) is 1.13. The first-order chi connectivity index (χ1) is 8.88. The van der Waals surface area contributed by atoms with Gasteiger partial charge >= 0.3 is 5.69 Å². The maximum atomic E-state index is 11.5. The van der Waals surface area contributed by atoms with E-state index in [4.69, 9.17) is 0 Å². The highest BCUT2D eigenvalue weighted by Crippen LogP contribution is 1.79. The summed E-state index contributed by atoms with van der Waals surface area (Å²) in [5.41, 5.74) is -1.20. The second-order valence-electron chi connectivity index (χ2n) is 4.24. The van der Waals surface area contributed by atoms with Crippen molar-refractivity contribution in [3.8, 4) is 0 Å². The number of carbonyl (C=O) groups excluding carboxylic acids is 2. The van der Waals surface area contributed by atoms with E-state index in [0.717, 1.165) is 10.6 Å². The Morgan fingerprint density at radius 1 is 1.32 bits per heavy atom. The smallest absolute Gasteiger partial charge is 0.328 e. The Morgan fingerprint density at radius 3 is 2.58 bits per heavy atom. The summed E-state index contributed by atoms with van der Waals surface area (Å²) in [6.07, 6.45) is 1.22. The van der Waals surface area contributed by atoms with Crippen molar-refractivity contribution in [2.24, 2.45) is 0 Å². The number of hydrogen-bond acceptors (Lipinski definition) is 4. The molecule has 0 aliphatic heterocycles. The van der Waals surface area contributed by atoms with Crippen molar-refractivity contribution in [1.29, 1.82) is 0 Å². The molecule has 0 unspecified atom stereocenters. The van der Waals surface area contributed by atoms with Crippen molar-refractivity contribution >= 4 is 11.8 Å². The number of H-pyrrole nitrogens is 1. The minimum atomic E-state index is -0.672. The Morgan fingerprint density at radius 2 is 2.00 bits per heavy atom. The largest absolute Gasteiger partial charge is 0.352 e. The number of hydrogen-bond donors (Lipinski definition) is 3. The molecule has 0 radical (unpaired) electrons. The van der Waals surface area contributed by atoms with Crippen LogP contribution in [0.5, 0.6) is 0 Å². The molecule has 3 N–H and O–H groups in total. The molecular weight excluding hydrogens is 252 g/mol. The van der Waals surface area contributed by atoms with Gasteiger partial charge in [0.15, 0.2) is 0 Å². The predicted molar refractivity (Wildman–Crippen MR) is 67.6 cm³/mol. The molecule has 0 saturated heterocycles. The third kappa shape index (κ3) is 5.19. The molecule has 0 saturated carbocycles. The Hall–Kier alpha value is -2.38. The molecule has 104 valence electrons. The van der Waals surface area contributed by atoms with Gasteiger partial charge in [0.2, 0.25) is 11.8 Å². The summed E-state index contributed by atoms with van der Waals surface area (Å²) in [5.74, 6) is -0.801. The van der Waals surface area contributed by atoms with Crippen LogP contribution in [-0.4, -0.2) is 34.0 Å². The number of nitrogens with zero attached hydrogens (tertiary/aromatic N) is 1. The summed E-state index contributed by atoms with van der Waals surface area (Å²) in [5, 5.41) is 4.99. The fourth-order valence-electron chi connectivity index (χ4n) is 1.33. The van der Waals surface area contributed by atoms with Gasteiger partial charge in [-0.25, -0.2) is 4.79 Å². The Labute approximate surface area is 108 Å². The number of carbonyl (C=O) groups is 2. The van der Waals surface area contributed by atoms with Crippen LogP contribution in [0.4, 0.5) is 0 Å².